The molecule has 2 N–H and O–H groups in total. The first-order chi connectivity index (χ1) is 7.40. The number of rotatable bonds is 5. The van der Waals surface area contributed by atoms with Crippen molar-refractivity contribution in [2.24, 2.45) is 11.1 Å². The standard InChI is InChI=1S/C9H18N4O2S/c1-4-7(3)6-8-11-12-9(13(8)5-2)16(10,14)15/h7H,4-6H2,1-3H3,(H2,10,14,15). The Morgan fingerprint density at radius 1 is 1.38 bits per heavy atom. The summed E-state index contributed by atoms with van der Waals surface area (Å²) in [6.07, 6.45) is 1.73. The Balaban J connectivity index is 3.09. The second-order valence-corrected chi connectivity index (χ2v) is 5.36. The van der Waals surface area contributed by atoms with E-state index in [1.165, 1.54) is 0 Å². The van der Waals surface area contributed by atoms with Gasteiger partial charge in [0.2, 0.25) is 0 Å². The van der Waals surface area contributed by atoms with Gasteiger partial charge in [-0.3, -0.25) is 0 Å². The van der Waals surface area contributed by atoms with Crippen LogP contribution in [0.1, 0.15) is 33.0 Å². The van der Waals surface area contributed by atoms with Crippen molar-refractivity contribution in [3.8, 4) is 0 Å². The molecule has 16 heavy (non-hydrogen) atoms. The summed E-state index contributed by atoms with van der Waals surface area (Å²) >= 11 is 0. The van der Waals surface area contributed by atoms with E-state index in [0.717, 1.165) is 6.42 Å². The molecule has 0 spiro atoms. The van der Waals surface area contributed by atoms with Crippen molar-refractivity contribution in [3.05, 3.63) is 5.82 Å². The van der Waals surface area contributed by atoms with Crippen LogP contribution in [-0.4, -0.2) is 23.2 Å². The van der Waals surface area contributed by atoms with Crippen LogP contribution >= 0.6 is 0 Å². The number of aromatic nitrogens is 3. The summed E-state index contributed by atoms with van der Waals surface area (Å²) in [6.45, 7) is 6.52. The Labute approximate surface area is 95.9 Å². The van der Waals surface area contributed by atoms with E-state index >= 15 is 0 Å². The number of hydrogen-bond acceptors (Lipinski definition) is 4. The molecule has 0 aromatic carbocycles. The summed E-state index contributed by atoms with van der Waals surface area (Å²) < 4.78 is 24.0. The highest BCUT2D eigenvalue weighted by atomic mass is 32.2. The third-order valence-corrected chi connectivity index (χ3v) is 3.40. The summed E-state index contributed by atoms with van der Waals surface area (Å²) in [5.74, 6) is 1.13. The SMILES string of the molecule is CCC(C)Cc1nnc(S(N)(=O)=O)n1CC. The van der Waals surface area contributed by atoms with Crippen molar-refractivity contribution in [1.29, 1.82) is 0 Å². The van der Waals surface area contributed by atoms with E-state index in [1.54, 1.807) is 4.57 Å². The van der Waals surface area contributed by atoms with Gasteiger partial charge in [0.05, 0.1) is 0 Å². The van der Waals surface area contributed by atoms with Gasteiger partial charge in [-0.2, -0.15) is 0 Å². The number of hydrogen-bond donors (Lipinski definition) is 1. The average molecular weight is 246 g/mol. The smallest absolute Gasteiger partial charge is 0.273 e. The van der Waals surface area contributed by atoms with Crippen LogP contribution in [0.15, 0.2) is 5.16 Å². The normalized spacial score (nSPS) is 14.0. The molecule has 1 aromatic heterocycles. The molecule has 6 nitrogen and oxygen atoms in total. The third-order valence-electron chi connectivity index (χ3n) is 2.59. The van der Waals surface area contributed by atoms with E-state index in [9.17, 15) is 8.42 Å². The molecule has 0 aliphatic heterocycles. The van der Waals surface area contributed by atoms with E-state index in [0.29, 0.717) is 24.7 Å². The number of sulfonamides is 1. The minimum Gasteiger partial charge on any atom is -0.301 e. The Morgan fingerprint density at radius 3 is 2.44 bits per heavy atom. The molecule has 0 aliphatic carbocycles. The van der Waals surface area contributed by atoms with Crippen LogP contribution < -0.4 is 5.14 Å². The topological polar surface area (TPSA) is 90.9 Å². The molecule has 1 aromatic rings. The van der Waals surface area contributed by atoms with E-state index in [1.807, 2.05) is 6.92 Å². The lowest BCUT2D eigenvalue weighted by molar-refractivity contribution is 0.511. The summed E-state index contributed by atoms with van der Waals surface area (Å²) in [5, 5.41) is 12.5. The predicted octanol–water partition coefficient (Wildman–Crippen LogP) is 0.534. The van der Waals surface area contributed by atoms with Crippen molar-refractivity contribution in [2.75, 3.05) is 0 Å². The van der Waals surface area contributed by atoms with Crippen LogP contribution in [0.25, 0.3) is 0 Å². The second-order valence-electron chi connectivity index (χ2n) is 3.91. The van der Waals surface area contributed by atoms with Gasteiger partial charge in [-0.15, -0.1) is 10.2 Å². The minimum absolute atomic E-state index is 0.145. The average Bonchev–Trinajstić information content (AvgIpc) is 2.60. The maximum absolute atomic E-state index is 11.2. The second kappa shape index (κ2) is 4.92. The Hall–Kier alpha value is -0.950. The molecular formula is C9H18N4O2S. The maximum atomic E-state index is 11.2. The zero-order valence-electron chi connectivity index (χ0n) is 9.84. The number of nitrogens with two attached hydrogens (primary N) is 1. The lowest BCUT2D eigenvalue weighted by Gasteiger charge is -2.09. The molecule has 0 fully saturated rings. The van der Waals surface area contributed by atoms with Gasteiger partial charge in [-0.25, -0.2) is 13.6 Å². The first-order valence-corrected chi connectivity index (χ1v) is 6.89. The summed E-state index contributed by atoms with van der Waals surface area (Å²) in [4.78, 5) is 0. The van der Waals surface area contributed by atoms with Crippen molar-refractivity contribution in [1.82, 2.24) is 14.8 Å². The summed E-state index contributed by atoms with van der Waals surface area (Å²) in [6, 6.07) is 0. The van der Waals surface area contributed by atoms with Gasteiger partial charge in [0.1, 0.15) is 5.82 Å². The molecule has 1 heterocycles. The molecule has 1 rings (SSSR count). The molecule has 0 saturated heterocycles. The van der Waals surface area contributed by atoms with Gasteiger partial charge < -0.3 is 4.57 Å². The van der Waals surface area contributed by atoms with E-state index in [-0.39, 0.29) is 5.16 Å². The molecule has 0 radical (unpaired) electrons. The fourth-order valence-corrected chi connectivity index (χ4v) is 2.15. The van der Waals surface area contributed by atoms with Crippen LogP contribution in [0.3, 0.4) is 0 Å². The summed E-state index contributed by atoms with van der Waals surface area (Å²) in [7, 11) is -3.78. The summed E-state index contributed by atoms with van der Waals surface area (Å²) in [5.41, 5.74) is 0. The lowest BCUT2D eigenvalue weighted by atomic mass is 10.1. The zero-order chi connectivity index (χ0) is 12.3. The maximum Gasteiger partial charge on any atom is 0.273 e. The highest BCUT2D eigenvalue weighted by Crippen LogP contribution is 2.13. The molecule has 7 heteroatoms. The van der Waals surface area contributed by atoms with Crippen LogP contribution in [0.5, 0.6) is 0 Å². The van der Waals surface area contributed by atoms with Gasteiger partial charge in [-0.05, 0) is 12.8 Å². The molecule has 0 saturated carbocycles. The van der Waals surface area contributed by atoms with Gasteiger partial charge in [-0.1, -0.05) is 20.3 Å². The lowest BCUT2D eigenvalue weighted by Crippen LogP contribution is -2.19. The van der Waals surface area contributed by atoms with Crippen molar-refractivity contribution in [3.63, 3.8) is 0 Å². The van der Waals surface area contributed by atoms with Gasteiger partial charge in [0.15, 0.2) is 0 Å². The van der Waals surface area contributed by atoms with E-state index < -0.39 is 10.0 Å². The highest BCUT2D eigenvalue weighted by molar-refractivity contribution is 7.89. The zero-order valence-corrected chi connectivity index (χ0v) is 10.7. The van der Waals surface area contributed by atoms with Crippen LogP contribution in [0.2, 0.25) is 0 Å². The van der Waals surface area contributed by atoms with E-state index in [2.05, 4.69) is 24.0 Å². The fourth-order valence-electron chi connectivity index (χ4n) is 1.45. The molecule has 1 unspecified atom stereocenters. The van der Waals surface area contributed by atoms with Crippen LogP contribution in [0.4, 0.5) is 0 Å². The molecule has 1 atom stereocenters. The van der Waals surface area contributed by atoms with Crippen molar-refractivity contribution in [2.45, 2.75) is 45.3 Å². The predicted molar refractivity (Wildman–Crippen MR) is 60.2 cm³/mol. The van der Waals surface area contributed by atoms with Crippen LogP contribution in [0, 0.1) is 5.92 Å². The Bertz CT molecular complexity index is 452. The van der Waals surface area contributed by atoms with Gasteiger partial charge >= 0.3 is 0 Å². The molecular weight excluding hydrogens is 228 g/mol. The monoisotopic (exact) mass is 246 g/mol. The highest BCUT2D eigenvalue weighted by Gasteiger charge is 2.20. The largest absolute Gasteiger partial charge is 0.301 e. The molecule has 0 bridgehead atoms. The first kappa shape index (κ1) is 13.1. The van der Waals surface area contributed by atoms with Crippen molar-refractivity contribution < 1.29 is 8.42 Å². The molecule has 0 amide bonds. The van der Waals surface area contributed by atoms with Gasteiger partial charge in [0, 0.05) is 13.0 Å². The van der Waals surface area contributed by atoms with Gasteiger partial charge in [0.25, 0.3) is 15.2 Å². The number of primary sulfonamides is 1. The first-order valence-electron chi connectivity index (χ1n) is 5.35. The third kappa shape index (κ3) is 2.79. The quantitative estimate of drug-likeness (QED) is 0.820. The Kier molecular flexibility index (Phi) is 4.03. The molecule has 0 aliphatic rings. The van der Waals surface area contributed by atoms with E-state index in [4.69, 9.17) is 5.14 Å². The minimum atomic E-state index is -3.78. The number of nitrogens with zero attached hydrogens (tertiary/aromatic N) is 3. The van der Waals surface area contributed by atoms with Crippen LogP contribution in [-0.2, 0) is 23.0 Å². The Morgan fingerprint density at radius 2 is 2.00 bits per heavy atom. The fraction of sp³-hybridized carbons (Fsp3) is 0.778. The molecule has 92 valence electrons. The van der Waals surface area contributed by atoms with Crippen molar-refractivity contribution >= 4 is 10.0 Å².